The molecule has 2 aliphatic rings. The van der Waals surface area contributed by atoms with E-state index in [9.17, 15) is 4.79 Å². The van der Waals surface area contributed by atoms with E-state index in [1.807, 2.05) is 0 Å². The summed E-state index contributed by atoms with van der Waals surface area (Å²) in [6.07, 6.45) is 4.91. The van der Waals surface area contributed by atoms with Crippen molar-refractivity contribution in [2.24, 2.45) is 17.8 Å². The van der Waals surface area contributed by atoms with E-state index >= 15 is 0 Å². The Morgan fingerprint density at radius 1 is 1.20 bits per heavy atom. The van der Waals surface area contributed by atoms with Gasteiger partial charge in [0.2, 0.25) is 0 Å². The molecule has 1 saturated heterocycles. The van der Waals surface area contributed by atoms with E-state index < -0.39 is 0 Å². The van der Waals surface area contributed by atoms with Crippen molar-refractivity contribution in [1.82, 2.24) is 10.2 Å². The minimum atomic E-state index is -0.296. The Bertz CT molecular complexity index is 328. The maximum atomic E-state index is 11.5. The molecule has 2 rings (SSSR count). The van der Waals surface area contributed by atoms with Gasteiger partial charge in [-0.2, -0.15) is 0 Å². The Labute approximate surface area is 123 Å². The zero-order valence-electron chi connectivity index (χ0n) is 13.4. The summed E-state index contributed by atoms with van der Waals surface area (Å²) in [6, 6.07) is 0.873. The number of carbonyl (C=O) groups excluding carboxylic acids is 1. The average Bonchev–Trinajstić information content (AvgIpc) is 2.36. The zero-order valence-corrected chi connectivity index (χ0v) is 13.4. The van der Waals surface area contributed by atoms with Gasteiger partial charge >= 0.3 is 6.09 Å². The van der Waals surface area contributed by atoms with E-state index in [4.69, 9.17) is 4.74 Å². The molecule has 0 aromatic rings. The van der Waals surface area contributed by atoms with Gasteiger partial charge in [-0.15, -0.1) is 0 Å². The summed E-state index contributed by atoms with van der Waals surface area (Å²) in [5, 5.41) is 3.01. The first-order chi connectivity index (χ1) is 9.51. The number of carbonyl (C=O) groups is 1. The predicted octanol–water partition coefficient (Wildman–Crippen LogP) is 2.88. The van der Waals surface area contributed by atoms with Gasteiger partial charge in [0.05, 0.1) is 7.11 Å². The van der Waals surface area contributed by atoms with E-state index in [0.29, 0.717) is 17.9 Å². The second kappa shape index (κ2) is 6.79. The van der Waals surface area contributed by atoms with Crippen LogP contribution >= 0.6 is 0 Å². The van der Waals surface area contributed by atoms with E-state index in [0.717, 1.165) is 18.9 Å². The molecule has 3 unspecified atom stereocenters. The SMILES string of the molecule is COC(=O)NC1CC(C(C)C)CN(C(C)C2CCC2)C1. The molecule has 1 saturated carbocycles. The van der Waals surface area contributed by atoms with Crippen LogP contribution in [0.3, 0.4) is 0 Å². The summed E-state index contributed by atoms with van der Waals surface area (Å²) in [6.45, 7) is 9.08. The standard InChI is InChI=1S/C16H30N2O2/c1-11(2)14-8-15(17-16(19)20-4)10-18(9-14)12(3)13-6-5-7-13/h11-15H,5-10H2,1-4H3,(H,17,19). The number of likely N-dealkylation sites (tertiary alicyclic amines) is 1. The normalized spacial score (nSPS) is 29.9. The predicted molar refractivity (Wildman–Crippen MR) is 80.6 cm³/mol. The minimum absolute atomic E-state index is 0.228. The maximum absolute atomic E-state index is 11.5. The van der Waals surface area contributed by atoms with Gasteiger partial charge in [-0.25, -0.2) is 4.79 Å². The largest absolute Gasteiger partial charge is 0.453 e. The number of alkyl carbamates (subject to hydrolysis) is 1. The van der Waals surface area contributed by atoms with Gasteiger partial charge in [-0.3, -0.25) is 4.90 Å². The molecule has 0 radical (unpaired) electrons. The Balaban J connectivity index is 1.97. The van der Waals surface area contributed by atoms with Crippen molar-refractivity contribution in [3.8, 4) is 0 Å². The third-order valence-electron chi connectivity index (χ3n) is 5.37. The van der Waals surface area contributed by atoms with Crippen molar-refractivity contribution < 1.29 is 9.53 Å². The molecule has 3 atom stereocenters. The monoisotopic (exact) mass is 282 g/mol. The number of piperidine rings is 1. The highest BCUT2D eigenvalue weighted by molar-refractivity contribution is 5.67. The van der Waals surface area contributed by atoms with Gasteiger partial charge in [0.25, 0.3) is 0 Å². The van der Waals surface area contributed by atoms with Crippen molar-refractivity contribution in [3.05, 3.63) is 0 Å². The first-order valence-corrected chi connectivity index (χ1v) is 8.09. The van der Waals surface area contributed by atoms with Crippen LogP contribution < -0.4 is 5.32 Å². The molecule has 1 aliphatic heterocycles. The average molecular weight is 282 g/mol. The number of methoxy groups -OCH3 is 1. The molecule has 2 fully saturated rings. The molecule has 0 aromatic heterocycles. The Morgan fingerprint density at radius 3 is 2.40 bits per heavy atom. The van der Waals surface area contributed by atoms with Crippen LogP contribution in [0.4, 0.5) is 4.79 Å². The minimum Gasteiger partial charge on any atom is -0.453 e. The van der Waals surface area contributed by atoms with E-state index in [-0.39, 0.29) is 12.1 Å². The molecule has 1 aliphatic carbocycles. The lowest BCUT2D eigenvalue weighted by molar-refractivity contribution is 0.0392. The highest BCUT2D eigenvalue weighted by Crippen LogP contribution is 2.34. The second-order valence-corrected chi connectivity index (χ2v) is 6.96. The number of ether oxygens (including phenoxy) is 1. The molecule has 4 nitrogen and oxygen atoms in total. The van der Waals surface area contributed by atoms with Gasteiger partial charge in [-0.05, 0) is 43.9 Å². The lowest BCUT2D eigenvalue weighted by Crippen LogP contribution is -2.56. The van der Waals surface area contributed by atoms with Crippen LogP contribution in [0, 0.1) is 17.8 Å². The fraction of sp³-hybridized carbons (Fsp3) is 0.938. The summed E-state index contributed by atoms with van der Waals surface area (Å²) >= 11 is 0. The summed E-state index contributed by atoms with van der Waals surface area (Å²) in [4.78, 5) is 14.1. The third kappa shape index (κ3) is 3.66. The van der Waals surface area contributed by atoms with Crippen LogP contribution in [0.1, 0.15) is 46.5 Å². The molecular formula is C16H30N2O2. The number of rotatable bonds is 4. The number of nitrogens with one attached hydrogen (secondary N) is 1. The number of nitrogens with zero attached hydrogens (tertiary/aromatic N) is 1. The van der Waals surface area contributed by atoms with Crippen LogP contribution in [-0.4, -0.2) is 43.3 Å². The van der Waals surface area contributed by atoms with Gasteiger partial charge in [0.1, 0.15) is 0 Å². The highest BCUT2D eigenvalue weighted by Gasteiger charge is 2.35. The maximum Gasteiger partial charge on any atom is 0.407 e. The molecule has 116 valence electrons. The van der Waals surface area contributed by atoms with Crippen LogP contribution in [0.2, 0.25) is 0 Å². The van der Waals surface area contributed by atoms with E-state index in [1.54, 1.807) is 0 Å². The van der Waals surface area contributed by atoms with Crippen molar-refractivity contribution in [2.45, 2.75) is 58.5 Å². The highest BCUT2D eigenvalue weighted by atomic mass is 16.5. The van der Waals surface area contributed by atoms with E-state index in [1.165, 1.54) is 32.9 Å². The van der Waals surface area contributed by atoms with Crippen molar-refractivity contribution in [3.63, 3.8) is 0 Å². The smallest absolute Gasteiger partial charge is 0.407 e. The third-order valence-corrected chi connectivity index (χ3v) is 5.37. The van der Waals surface area contributed by atoms with Crippen molar-refractivity contribution in [2.75, 3.05) is 20.2 Å². The Kier molecular flexibility index (Phi) is 5.30. The van der Waals surface area contributed by atoms with Crippen LogP contribution in [0.5, 0.6) is 0 Å². The fourth-order valence-electron chi connectivity index (χ4n) is 3.54. The molecule has 1 N–H and O–H groups in total. The summed E-state index contributed by atoms with van der Waals surface area (Å²) in [5.41, 5.74) is 0. The Morgan fingerprint density at radius 2 is 1.90 bits per heavy atom. The van der Waals surface area contributed by atoms with Gasteiger partial charge in [-0.1, -0.05) is 20.3 Å². The first kappa shape index (κ1) is 15.6. The number of hydrogen-bond acceptors (Lipinski definition) is 3. The fourth-order valence-corrected chi connectivity index (χ4v) is 3.54. The van der Waals surface area contributed by atoms with Crippen LogP contribution in [0.15, 0.2) is 0 Å². The van der Waals surface area contributed by atoms with Crippen LogP contribution in [0.25, 0.3) is 0 Å². The molecule has 1 amide bonds. The van der Waals surface area contributed by atoms with Gasteiger partial charge in [0.15, 0.2) is 0 Å². The van der Waals surface area contributed by atoms with Crippen LogP contribution in [-0.2, 0) is 4.74 Å². The van der Waals surface area contributed by atoms with Crippen molar-refractivity contribution >= 4 is 6.09 Å². The second-order valence-electron chi connectivity index (χ2n) is 6.96. The van der Waals surface area contributed by atoms with Crippen molar-refractivity contribution in [1.29, 1.82) is 0 Å². The Hall–Kier alpha value is -0.770. The molecule has 0 spiro atoms. The summed E-state index contributed by atoms with van der Waals surface area (Å²) in [5.74, 6) is 2.18. The lowest BCUT2D eigenvalue weighted by atomic mass is 9.77. The first-order valence-electron chi connectivity index (χ1n) is 8.09. The lowest BCUT2D eigenvalue weighted by Gasteiger charge is -2.46. The summed E-state index contributed by atoms with van der Waals surface area (Å²) < 4.78 is 4.76. The zero-order chi connectivity index (χ0) is 14.7. The van der Waals surface area contributed by atoms with E-state index in [2.05, 4.69) is 31.0 Å². The molecule has 20 heavy (non-hydrogen) atoms. The summed E-state index contributed by atoms with van der Waals surface area (Å²) in [7, 11) is 1.44. The number of hydrogen-bond donors (Lipinski definition) is 1. The molecular weight excluding hydrogens is 252 g/mol. The van der Waals surface area contributed by atoms with Gasteiger partial charge in [0, 0.05) is 25.2 Å². The van der Waals surface area contributed by atoms with Gasteiger partial charge < -0.3 is 10.1 Å². The molecule has 0 bridgehead atoms. The molecule has 0 aromatic carbocycles. The molecule has 4 heteroatoms. The molecule has 1 heterocycles. The topological polar surface area (TPSA) is 41.6 Å². The quantitative estimate of drug-likeness (QED) is 0.862. The number of amides is 1.